The molecule has 5 heteroatoms. The summed E-state index contributed by atoms with van der Waals surface area (Å²) in [6.07, 6.45) is 6.23. The summed E-state index contributed by atoms with van der Waals surface area (Å²) in [5.74, 6) is 1.66. The van der Waals surface area contributed by atoms with Gasteiger partial charge in [-0.1, -0.05) is 0 Å². The molecule has 0 radical (unpaired) electrons. The normalized spacial score (nSPS) is 20.7. The predicted octanol–water partition coefficient (Wildman–Crippen LogP) is 1.61. The van der Waals surface area contributed by atoms with Gasteiger partial charge in [-0.15, -0.1) is 11.8 Å². The van der Waals surface area contributed by atoms with Crippen LogP contribution in [-0.4, -0.2) is 35.9 Å². The van der Waals surface area contributed by atoms with Crippen LogP contribution in [0, 0.1) is 5.92 Å². The Morgan fingerprint density at radius 3 is 3.25 bits per heavy atom. The number of piperidine rings is 1. The van der Waals surface area contributed by atoms with Crippen molar-refractivity contribution in [1.82, 2.24) is 15.3 Å². The first-order chi connectivity index (χ1) is 7.88. The fraction of sp³-hybridized carbons (Fsp3) is 0.636. The lowest BCUT2D eigenvalue weighted by atomic mass is 10.00. The second-order valence-corrected chi connectivity index (χ2v) is 4.87. The Hall–Kier alpha value is -0.810. The van der Waals surface area contributed by atoms with E-state index in [1.165, 1.54) is 19.4 Å². The predicted molar refractivity (Wildman–Crippen MR) is 67.9 cm³/mol. The van der Waals surface area contributed by atoms with Crippen molar-refractivity contribution in [2.24, 2.45) is 5.92 Å². The maximum absolute atomic E-state index is 4.22. The lowest BCUT2D eigenvalue weighted by Gasteiger charge is -2.23. The molecular formula is C11H18N4S. The van der Waals surface area contributed by atoms with Gasteiger partial charge in [0.05, 0.1) is 0 Å². The molecule has 1 aromatic heterocycles. The van der Waals surface area contributed by atoms with Gasteiger partial charge < -0.3 is 10.6 Å². The van der Waals surface area contributed by atoms with E-state index in [9.17, 15) is 0 Å². The molecule has 1 atom stereocenters. The highest BCUT2D eigenvalue weighted by molar-refractivity contribution is 7.98. The Morgan fingerprint density at radius 1 is 1.56 bits per heavy atom. The van der Waals surface area contributed by atoms with Crippen molar-refractivity contribution in [2.45, 2.75) is 17.9 Å². The number of nitrogens with zero attached hydrogens (tertiary/aromatic N) is 2. The maximum Gasteiger partial charge on any atom is 0.130 e. The summed E-state index contributed by atoms with van der Waals surface area (Å²) in [6, 6.07) is 2.00. The minimum atomic E-state index is 0.724. The van der Waals surface area contributed by atoms with Crippen LogP contribution in [0.25, 0.3) is 0 Å². The molecule has 1 aliphatic heterocycles. The van der Waals surface area contributed by atoms with Crippen molar-refractivity contribution in [1.29, 1.82) is 0 Å². The monoisotopic (exact) mass is 238 g/mol. The molecule has 0 aliphatic carbocycles. The fourth-order valence-electron chi connectivity index (χ4n) is 1.89. The number of hydrogen-bond acceptors (Lipinski definition) is 5. The Kier molecular flexibility index (Phi) is 4.42. The molecule has 2 N–H and O–H groups in total. The van der Waals surface area contributed by atoms with Crippen LogP contribution in [0.1, 0.15) is 12.8 Å². The van der Waals surface area contributed by atoms with E-state index in [0.717, 1.165) is 29.9 Å². The third kappa shape index (κ3) is 3.35. The molecule has 0 bridgehead atoms. The second-order valence-electron chi connectivity index (χ2n) is 4.04. The van der Waals surface area contributed by atoms with E-state index in [2.05, 4.69) is 20.6 Å². The van der Waals surface area contributed by atoms with Gasteiger partial charge in [0.15, 0.2) is 0 Å². The Morgan fingerprint density at radius 2 is 2.50 bits per heavy atom. The van der Waals surface area contributed by atoms with Gasteiger partial charge in [0, 0.05) is 12.6 Å². The summed E-state index contributed by atoms with van der Waals surface area (Å²) in [6.45, 7) is 3.28. The fourth-order valence-corrected chi connectivity index (χ4v) is 2.28. The topological polar surface area (TPSA) is 49.8 Å². The molecule has 16 heavy (non-hydrogen) atoms. The number of aromatic nitrogens is 2. The third-order valence-corrected chi connectivity index (χ3v) is 3.46. The van der Waals surface area contributed by atoms with Crippen LogP contribution in [0.2, 0.25) is 0 Å². The van der Waals surface area contributed by atoms with Gasteiger partial charge in [0.2, 0.25) is 0 Å². The van der Waals surface area contributed by atoms with Crippen LogP contribution in [0.3, 0.4) is 0 Å². The van der Waals surface area contributed by atoms with Crippen LogP contribution >= 0.6 is 11.8 Å². The van der Waals surface area contributed by atoms with Gasteiger partial charge >= 0.3 is 0 Å². The molecule has 1 aliphatic rings. The van der Waals surface area contributed by atoms with E-state index in [1.807, 2.05) is 12.3 Å². The molecule has 88 valence electrons. The molecular weight excluding hydrogens is 220 g/mol. The molecule has 4 nitrogen and oxygen atoms in total. The average Bonchev–Trinajstić information content (AvgIpc) is 2.38. The van der Waals surface area contributed by atoms with Gasteiger partial charge in [-0.3, -0.25) is 0 Å². The van der Waals surface area contributed by atoms with E-state index in [-0.39, 0.29) is 0 Å². The van der Waals surface area contributed by atoms with Crippen molar-refractivity contribution in [2.75, 3.05) is 31.2 Å². The summed E-state index contributed by atoms with van der Waals surface area (Å²) in [4.78, 5) is 8.37. The molecule has 0 saturated carbocycles. The number of rotatable bonds is 4. The quantitative estimate of drug-likeness (QED) is 0.616. The van der Waals surface area contributed by atoms with Crippen molar-refractivity contribution < 1.29 is 0 Å². The van der Waals surface area contributed by atoms with Crippen LogP contribution in [-0.2, 0) is 0 Å². The van der Waals surface area contributed by atoms with Crippen molar-refractivity contribution >= 4 is 17.6 Å². The third-order valence-electron chi connectivity index (χ3n) is 2.82. The van der Waals surface area contributed by atoms with Crippen LogP contribution < -0.4 is 10.6 Å². The first kappa shape index (κ1) is 11.7. The highest BCUT2D eigenvalue weighted by Gasteiger charge is 2.12. The van der Waals surface area contributed by atoms with Gasteiger partial charge in [0.25, 0.3) is 0 Å². The van der Waals surface area contributed by atoms with Gasteiger partial charge in [-0.2, -0.15) is 0 Å². The van der Waals surface area contributed by atoms with Gasteiger partial charge in [-0.25, -0.2) is 9.97 Å². The van der Waals surface area contributed by atoms with E-state index in [1.54, 1.807) is 18.1 Å². The zero-order chi connectivity index (χ0) is 11.2. The number of nitrogens with one attached hydrogen (secondary N) is 2. The largest absolute Gasteiger partial charge is 0.370 e. The highest BCUT2D eigenvalue weighted by atomic mass is 32.2. The van der Waals surface area contributed by atoms with Crippen LogP contribution in [0.4, 0.5) is 5.82 Å². The molecule has 2 rings (SSSR count). The smallest absolute Gasteiger partial charge is 0.130 e. The minimum Gasteiger partial charge on any atom is -0.370 e. The first-order valence-corrected chi connectivity index (χ1v) is 6.91. The number of hydrogen-bond donors (Lipinski definition) is 2. The molecule has 1 aromatic rings. The van der Waals surface area contributed by atoms with E-state index in [0.29, 0.717) is 0 Å². The molecule has 2 heterocycles. The minimum absolute atomic E-state index is 0.724. The lowest BCUT2D eigenvalue weighted by molar-refractivity contribution is 0.392. The first-order valence-electron chi connectivity index (χ1n) is 5.69. The van der Waals surface area contributed by atoms with E-state index in [4.69, 9.17) is 0 Å². The molecule has 1 fully saturated rings. The van der Waals surface area contributed by atoms with Crippen LogP contribution in [0.15, 0.2) is 17.4 Å². The molecule has 0 amide bonds. The van der Waals surface area contributed by atoms with E-state index < -0.39 is 0 Å². The van der Waals surface area contributed by atoms with Crippen molar-refractivity contribution in [3.63, 3.8) is 0 Å². The lowest BCUT2D eigenvalue weighted by Crippen LogP contribution is -2.33. The number of thioether (sulfide) groups is 1. The highest BCUT2D eigenvalue weighted by Crippen LogP contribution is 2.15. The number of anilines is 1. The van der Waals surface area contributed by atoms with Gasteiger partial charge in [0.1, 0.15) is 17.2 Å². The summed E-state index contributed by atoms with van der Waals surface area (Å²) >= 11 is 1.64. The Bertz CT molecular complexity index is 326. The second kappa shape index (κ2) is 6.06. The summed E-state index contributed by atoms with van der Waals surface area (Å²) < 4.78 is 0. The zero-order valence-electron chi connectivity index (χ0n) is 9.57. The summed E-state index contributed by atoms with van der Waals surface area (Å²) in [7, 11) is 0. The van der Waals surface area contributed by atoms with E-state index >= 15 is 0 Å². The summed E-state index contributed by atoms with van der Waals surface area (Å²) in [5.41, 5.74) is 0. The molecule has 0 aromatic carbocycles. The molecule has 1 unspecified atom stereocenters. The zero-order valence-corrected chi connectivity index (χ0v) is 10.4. The van der Waals surface area contributed by atoms with Crippen molar-refractivity contribution in [3.05, 3.63) is 12.4 Å². The van der Waals surface area contributed by atoms with Crippen molar-refractivity contribution in [3.8, 4) is 0 Å². The van der Waals surface area contributed by atoms with Gasteiger partial charge in [-0.05, 0) is 38.1 Å². The Labute approximate surface area is 101 Å². The average molecular weight is 238 g/mol. The molecule has 0 spiro atoms. The Balaban J connectivity index is 1.83. The maximum atomic E-state index is 4.22. The SMILES string of the molecule is CSc1cc(NCC2CCCNC2)ncn1. The standard InChI is InChI=1S/C11H18N4S/c1-16-11-5-10(14-8-15-11)13-7-9-3-2-4-12-6-9/h5,8-9,12H,2-4,6-7H2,1H3,(H,13,14,15). The molecule has 1 saturated heterocycles. The van der Waals surface area contributed by atoms with Crippen LogP contribution in [0.5, 0.6) is 0 Å². The summed E-state index contributed by atoms with van der Waals surface area (Å²) in [5, 5.41) is 7.81.